The van der Waals surface area contributed by atoms with Gasteiger partial charge in [-0.3, -0.25) is 9.78 Å². The van der Waals surface area contributed by atoms with Gasteiger partial charge in [-0.15, -0.1) is 0 Å². The second-order valence-corrected chi connectivity index (χ2v) is 3.96. The van der Waals surface area contributed by atoms with Crippen molar-refractivity contribution >= 4 is 11.6 Å². The van der Waals surface area contributed by atoms with Crippen molar-refractivity contribution in [3.8, 4) is 0 Å². The Morgan fingerprint density at radius 2 is 2.17 bits per heavy atom. The second-order valence-electron chi connectivity index (χ2n) is 3.96. The van der Waals surface area contributed by atoms with Crippen molar-refractivity contribution in [3.05, 3.63) is 41.4 Å². The molecule has 6 nitrogen and oxygen atoms in total. The maximum absolute atomic E-state index is 11.9. The molecule has 0 atom stereocenters. The minimum absolute atomic E-state index is 0.222. The van der Waals surface area contributed by atoms with E-state index in [0.29, 0.717) is 22.9 Å². The molecule has 2 aromatic heterocycles. The Kier molecular flexibility index (Phi) is 3.27. The number of nitrogen functional groups attached to an aromatic ring is 1. The summed E-state index contributed by atoms with van der Waals surface area (Å²) in [5.41, 5.74) is 7.28. The zero-order valence-corrected chi connectivity index (χ0v) is 10.2. The molecule has 2 aromatic rings. The number of nitrogens with two attached hydrogens (primary N) is 1. The van der Waals surface area contributed by atoms with E-state index in [1.54, 1.807) is 19.2 Å². The van der Waals surface area contributed by atoms with E-state index >= 15 is 0 Å². The molecule has 1 amide bonds. The Hall–Kier alpha value is -2.37. The van der Waals surface area contributed by atoms with Gasteiger partial charge in [-0.05, 0) is 19.9 Å². The fraction of sp³-hybridized carbons (Fsp3) is 0.250. The number of rotatable bonds is 3. The van der Waals surface area contributed by atoms with E-state index in [2.05, 4.69) is 15.3 Å². The van der Waals surface area contributed by atoms with Gasteiger partial charge >= 0.3 is 0 Å². The largest absolute Gasteiger partial charge is 0.444 e. The first-order chi connectivity index (χ1) is 8.56. The maximum Gasteiger partial charge on any atom is 0.255 e. The van der Waals surface area contributed by atoms with Crippen LogP contribution in [0.2, 0.25) is 0 Å². The normalized spacial score (nSPS) is 10.3. The van der Waals surface area contributed by atoms with E-state index in [0.717, 1.165) is 5.69 Å². The minimum Gasteiger partial charge on any atom is -0.444 e. The summed E-state index contributed by atoms with van der Waals surface area (Å²) in [6.07, 6.45) is 3.06. The lowest BCUT2D eigenvalue weighted by atomic mass is 10.2. The van der Waals surface area contributed by atoms with Gasteiger partial charge in [0.05, 0.1) is 18.3 Å². The number of aromatic nitrogens is 2. The summed E-state index contributed by atoms with van der Waals surface area (Å²) in [6.45, 7) is 3.83. The van der Waals surface area contributed by atoms with Crippen LogP contribution in [0, 0.1) is 13.8 Å². The predicted octanol–water partition coefficient (Wildman–Crippen LogP) is 1.20. The molecule has 0 aromatic carbocycles. The molecule has 0 fully saturated rings. The molecule has 94 valence electrons. The summed E-state index contributed by atoms with van der Waals surface area (Å²) < 4.78 is 5.25. The second kappa shape index (κ2) is 4.87. The number of oxazole rings is 1. The number of amides is 1. The monoisotopic (exact) mass is 246 g/mol. The standard InChI is InChI=1S/C12H14N4O2/c1-7-3-10(13)9(5-14-7)12(17)16-6-11-15-4-8(2)18-11/h3-5H,6H2,1-2H3,(H2,13,14)(H,16,17). The predicted molar refractivity (Wildman–Crippen MR) is 65.8 cm³/mol. The van der Waals surface area contributed by atoms with Crippen molar-refractivity contribution in [1.29, 1.82) is 0 Å². The number of carbonyl (C=O) groups excluding carboxylic acids is 1. The lowest BCUT2D eigenvalue weighted by Gasteiger charge is -2.06. The number of anilines is 1. The van der Waals surface area contributed by atoms with Crippen LogP contribution in [-0.4, -0.2) is 15.9 Å². The number of nitrogens with zero attached hydrogens (tertiary/aromatic N) is 2. The molecule has 2 heterocycles. The number of aryl methyl sites for hydroxylation is 2. The topological polar surface area (TPSA) is 94.0 Å². The van der Waals surface area contributed by atoms with Crippen LogP contribution in [0.1, 0.15) is 27.7 Å². The SMILES string of the molecule is Cc1cc(N)c(C(=O)NCc2ncc(C)o2)cn1. The molecular weight excluding hydrogens is 232 g/mol. The van der Waals surface area contributed by atoms with E-state index in [4.69, 9.17) is 10.2 Å². The number of carbonyl (C=O) groups is 1. The Morgan fingerprint density at radius 1 is 1.39 bits per heavy atom. The van der Waals surface area contributed by atoms with Crippen molar-refractivity contribution < 1.29 is 9.21 Å². The molecule has 0 radical (unpaired) electrons. The van der Waals surface area contributed by atoms with Gasteiger partial charge in [-0.2, -0.15) is 0 Å². The zero-order valence-electron chi connectivity index (χ0n) is 10.2. The summed E-state index contributed by atoms with van der Waals surface area (Å²) in [6, 6.07) is 1.66. The first kappa shape index (κ1) is 12.1. The molecule has 18 heavy (non-hydrogen) atoms. The van der Waals surface area contributed by atoms with Gasteiger partial charge in [0.2, 0.25) is 5.89 Å². The highest BCUT2D eigenvalue weighted by Gasteiger charge is 2.11. The van der Waals surface area contributed by atoms with Gasteiger partial charge in [0.25, 0.3) is 5.91 Å². The summed E-state index contributed by atoms with van der Waals surface area (Å²) >= 11 is 0. The van der Waals surface area contributed by atoms with Crippen molar-refractivity contribution in [3.63, 3.8) is 0 Å². The smallest absolute Gasteiger partial charge is 0.255 e. The number of pyridine rings is 1. The molecule has 6 heteroatoms. The molecule has 0 saturated carbocycles. The van der Waals surface area contributed by atoms with Crippen molar-refractivity contribution in [2.24, 2.45) is 0 Å². The van der Waals surface area contributed by atoms with Crippen LogP contribution in [0.25, 0.3) is 0 Å². The number of hydrogen-bond donors (Lipinski definition) is 2. The molecule has 0 spiro atoms. The van der Waals surface area contributed by atoms with Crippen LogP contribution < -0.4 is 11.1 Å². The molecule has 0 saturated heterocycles. The Balaban J connectivity index is 2.03. The van der Waals surface area contributed by atoms with Crippen LogP contribution in [0.4, 0.5) is 5.69 Å². The highest BCUT2D eigenvalue weighted by Crippen LogP contribution is 2.11. The molecule has 3 N–H and O–H groups in total. The van der Waals surface area contributed by atoms with E-state index in [-0.39, 0.29) is 12.5 Å². The van der Waals surface area contributed by atoms with Crippen LogP contribution in [-0.2, 0) is 6.54 Å². The van der Waals surface area contributed by atoms with Gasteiger partial charge in [-0.25, -0.2) is 4.98 Å². The average Bonchev–Trinajstić information content (AvgIpc) is 2.72. The van der Waals surface area contributed by atoms with Gasteiger partial charge in [-0.1, -0.05) is 0 Å². The Labute approximate surface area is 104 Å². The van der Waals surface area contributed by atoms with E-state index in [1.165, 1.54) is 6.20 Å². The molecular formula is C12H14N4O2. The first-order valence-corrected chi connectivity index (χ1v) is 5.48. The molecule has 2 rings (SSSR count). The van der Waals surface area contributed by atoms with Crippen molar-refractivity contribution in [1.82, 2.24) is 15.3 Å². The molecule has 0 aliphatic rings. The quantitative estimate of drug-likeness (QED) is 0.848. The van der Waals surface area contributed by atoms with Crippen LogP contribution in [0.5, 0.6) is 0 Å². The average molecular weight is 246 g/mol. The van der Waals surface area contributed by atoms with Gasteiger partial charge in [0, 0.05) is 17.6 Å². The van der Waals surface area contributed by atoms with Crippen LogP contribution in [0.15, 0.2) is 22.9 Å². The fourth-order valence-electron chi connectivity index (χ4n) is 1.50. The van der Waals surface area contributed by atoms with Crippen molar-refractivity contribution in [2.75, 3.05) is 5.73 Å². The molecule has 0 unspecified atom stereocenters. The lowest BCUT2D eigenvalue weighted by molar-refractivity contribution is 0.0947. The maximum atomic E-state index is 11.9. The number of hydrogen-bond acceptors (Lipinski definition) is 5. The third-order valence-electron chi connectivity index (χ3n) is 2.39. The fourth-order valence-corrected chi connectivity index (χ4v) is 1.50. The third kappa shape index (κ3) is 2.65. The number of nitrogens with one attached hydrogen (secondary N) is 1. The third-order valence-corrected chi connectivity index (χ3v) is 2.39. The molecule has 0 aliphatic heterocycles. The zero-order chi connectivity index (χ0) is 13.1. The van der Waals surface area contributed by atoms with Gasteiger partial charge in [0.15, 0.2) is 0 Å². The Bertz CT molecular complexity index is 577. The van der Waals surface area contributed by atoms with Gasteiger partial charge < -0.3 is 15.5 Å². The van der Waals surface area contributed by atoms with E-state index < -0.39 is 0 Å². The highest BCUT2D eigenvalue weighted by molar-refractivity contribution is 5.98. The Morgan fingerprint density at radius 3 is 2.78 bits per heavy atom. The lowest BCUT2D eigenvalue weighted by Crippen LogP contribution is -2.24. The summed E-state index contributed by atoms with van der Waals surface area (Å²) in [5, 5.41) is 2.67. The first-order valence-electron chi connectivity index (χ1n) is 5.48. The summed E-state index contributed by atoms with van der Waals surface area (Å²) in [7, 11) is 0. The van der Waals surface area contributed by atoms with Crippen LogP contribution >= 0.6 is 0 Å². The minimum atomic E-state index is -0.296. The summed E-state index contributed by atoms with van der Waals surface area (Å²) in [4.78, 5) is 19.9. The van der Waals surface area contributed by atoms with E-state index in [1.807, 2.05) is 6.92 Å². The van der Waals surface area contributed by atoms with Gasteiger partial charge in [0.1, 0.15) is 5.76 Å². The molecule has 0 bridgehead atoms. The molecule has 0 aliphatic carbocycles. The summed E-state index contributed by atoms with van der Waals surface area (Å²) in [5.74, 6) is 0.867. The van der Waals surface area contributed by atoms with Crippen molar-refractivity contribution in [2.45, 2.75) is 20.4 Å². The van der Waals surface area contributed by atoms with Crippen LogP contribution in [0.3, 0.4) is 0 Å². The highest BCUT2D eigenvalue weighted by atomic mass is 16.4. The van der Waals surface area contributed by atoms with E-state index in [9.17, 15) is 4.79 Å².